The van der Waals surface area contributed by atoms with Gasteiger partial charge in [0.25, 0.3) is 0 Å². The van der Waals surface area contributed by atoms with Crippen LogP contribution >= 0.6 is 0 Å². The van der Waals surface area contributed by atoms with Gasteiger partial charge in [0.2, 0.25) is 0 Å². The van der Waals surface area contributed by atoms with E-state index in [-0.39, 0.29) is 11.4 Å². The van der Waals surface area contributed by atoms with Crippen molar-refractivity contribution in [1.82, 2.24) is 4.57 Å². The van der Waals surface area contributed by atoms with Crippen LogP contribution in [-0.4, -0.2) is 4.57 Å². The van der Waals surface area contributed by atoms with Crippen molar-refractivity contribution >= 4 is 82.7 Å². The number of benzene rings is 9. The standard InChI is InChI=1S/C54H34N2O2/c1-4-14-35(15-5-1)37-30-46(36-16-6-2-7-17-36)54-48(31-37)42-27-24-40(33-49(42)56(54)38-18-8-3-9-19-38)55(39-26-29-52-47(32-39)44-21-11-13-23-51(44)57-52)41-25-28-45-43-20-10-12-22-50(43)58-53(45)34-41/h1-34H/i1D,2D,3D,4D,5D,6D,7D,8D,9D,14D,15D,16D,17D,18D,19D,24D,27D,30D,31D,33D. The quantitative estimate of drug-likeness (QED) is 0.169. The maximum atomic E-state index is 10.5. The Hall–Kier alpha value is -7.82. The number of hydrogen-bond donors (Lipinski definition) is 0. The van der Waals surface area contributed by atoms with E-state index < -0.39 is 171 Å². The molecule has 0 unspecified atom stereocenters. The molecule has 0 aliphatic rings. The van der Waals surface area contributed by atoms with Crippen molar-refractivity contribution in [1.29, 1.82) is 0 Å². The largest absolute Gasteiger partial charge is 0.456 e. The second-order valence-electron chi connectivity index (χ2n) is 13.4. The first-order valence-corrected chi connectivity index (χ1v) is 18.0. The molecule has 0 aliphatic carbocycles. The first-order chi connectivity index (χ1) is 37.1. The van der Waals surface area contributed by atoms with Gasteiger partial charge in [-0.25, -0.2) is 0 Å². The lowest BCUT2D eigenvalue weighted by molar-refractivity contribution is 0.668. The topological polar surface area (TPSA) is 34.5 Å². The van der Waals surface area contributed by atoms with Gasteiger partial charge in [0.05, 0.1) is 38.4 Å². The number of anilines is 3. The molecule has 3 heterocycles. The van der Waals surface area contributed by atoms with E-state index in [4.69, 9.17) is 23.9 Å². The Morgan fingerprint density at radius 2 is 1.02 bits per heavy atom. The van der Waals surface area contributed by atoms with Gasteiger partial charge < -0.3 is 18.3 Å². The average Bonchev–Trinajstić information content (AvgIpc) is 4.31. The lowest BCUT2D eigenvalue weighted by Gasteiger charge is -2.26. The predicted octanol–water partition coefficient (Wildman–Crippen LogP) is 15.4. The van der Waals surface area contributed by atoms with Crippen LogP contribution in [0.1, 0.15) is 27.4 Å². The van der Waals surface area contributed by atoms with Gasteiger partial charge >= 0.3 is 0 Å². The molecule has 12 rings (SSSR count). The zero-order chi connectivity index (χ0) is 55.6. The Kier molecular flexibility index (Phi) is 4.09. The molecule has 3 aromatic heterocycles. The summed E-state index contributed by atoms with van der Waals surface area (Å²) < 4.78 is 198. The Labute approximate surface area is 362 Å². The third kappa shape index (κ3) is 5.09. The summed E-state index contributed by atoms with van der Waals surface area (Å²) in [4.78, 5) is 1.49. The third-order valence-corrected chi connectivity index (χ3v) is 10.1. The van der Waals surface area contributed by atoms with Gasteiger partial charge in [0, 0.05) is 66.7 Å². The van der Waals surface area contributed by atoms with E-state index in [0.717, 1.165) is 9.95 Å². The number of hydrogen-bond acceptors (Lipinski definition) is 3. The normalized spacial score (nSPS) is 16.6. The fourth-order valence-corrected chi connectivity index (χ4v) is 7.64. The van der Waals surface area contributed by atoms with Crippen LogP contribution in [0.4, 0.5) is 17.1 Å². The highest BCUT2D eigenvalue weighted by molar-refractivity contribution is 6.16. The molecular formula is C54H34N2O2. The first kappa shape index (κ1) is 18.4. The van der Waals surface area contributed by atoms with E-state index in [1.54, 1.807) is 54.6 Å². The molecule has 0 saturated carbocycles. The maximum absolute atomic E-state index is 10.5. The van der Waals surface area contributed by atoms with Gasteiger partial charge in [-0.15, -0.1) is 0 Å². The Balaban J connectivity index is 1.34. The van der Waals surface area contributed by atoms with E-state index in [1.165, 1.54) is 4.90 Å². The molecule has 12 aromatic rings. The summed E-state index contributed by atoms with van der Waals surface area (Å²) in [5.41, 5.74) is -2.62. The summed E-state index contributed by atoms with van der Waals surface area (Å²) >= 11 is 0. The van der Waals surface area contributed by atoms with Crippen molar-refractivity contribution in [2.45, 2.75) is 0 Å². The number of para-hydroxylation sites is 3. The molecule has 0 amide bonds. The number of furan rings is 2. The van der Waals surface area contributed by atoms with Crippen LogP contribution in [0.25, 0.3) is 93.6 Å². The monoisotopic (exact) mass is 762 g/mol. The van der Waals surface area contributed by atoms with Gasteiger partial charge in [-0.3, -0.25) is 0 Å². The summed E-state index contributed by atoms with van der Waals surface area (Å²) in [6, 6.07) is 7.43. The van der Waals surface area contributed by atoms with E-state index in [1.807, 2.05) is 30.3 Å². The molecular weight excluding hydrogens is 709 g/mol. The van der Waals surface area contributed by atoms with Crippen LogP contribution in [0, 0.1) is 0 Å². The smallest absolute Gasteiger partial charge is 0.137 e. The molecule has 0 bridgehead atoms. The van der Waals surface area contributed by atoms with Gasteiger partial charge in [0.1, 0.15) is 22.3 Å². The molecule has 4 heteroatoms. The molecule has 9 aromatic carbocycles. The van der Waals surface area contributed by atoms with Crippen molar-refractivity contribution in [3.63, 3.8) is 0 Å². The maximum Gasteiger partial charge on any atom is 0.137 e. The van der Waals surface area contributed by atoms with Crippen LogP contribution in [0.15, 0.2) is 215 Å². The Morgan fingerprint density at radius 3 is 1.78 bits per heavy atom. The Morgan fingerprint density at radius 1 is 0.414 bits per heavy atom. The van der Waals surface area contributed by atoms with Crippen molar-refractivity contribution < 1.29 is 36.2 Å². The summed E-state index contributed by atoms with van der Waals surface area (Å²) in [5, 5.41) is 1.76. The zero-order valence-corrected chi connectivity index (χ0v) is 29.8. The highest BCUT2D eigenvalue weighted by atomic mass is 16.3. The lowest BCUT2D eigenvalue weighted by Crippen LogP contribution is -2.10. The summed E-state index contributed by atoms with van der Waals surface area (Å²) in [6.07, 6.45) is 0. The van der Waals surface area contributed by atoms with E-state index >= 15 is 0 Å². The van der Waals surface area contributed by atoms with Crippen molar-refractivity contribution in [2.24, 2.45) is 0 Å². The van der Waals surface area contributed by atoms with Gasteiger partial charge in [-0.05, 0) is 95.4 Å². The number of nitrogens with zero attached hydrogens (tertiary/aromatic N) is 2. The van der Waals surface area contributed by atoms with Gasteiger partial charge in [0.15, 0.2) is 0 Å². The first-order valence-electron chi connectivity index (χ1n) is 28.0. The molecule has 272 valence electrons. The minimum absolute atomic E-state index is 0.276. The van der Waals surface area contributed by atoms with Crippen LogP contribution in [0.5, 0.6) is 0 Å². The molecule has 0 radical (unpaired) electrons. The number of rotatable bonds is 6. The highest BCUT2D eigenvalue weighted by Crippen LogP contribution is 2.45. The summed E-state index contributed by atoms with van der Waals surface area (Å²) in [6.45, 7) is 0. The summed E-state index contributed by atoms with van der Waals surface area (Å²) in [5.74, 6) is 0. The fourth-order valence-electron chi connectivity index (χ4n) is 7.64. The summed E-state index contributed by atoms with van der Waals surface area (Å²) in [7, 11) is 0. The minimum Gasteiger partial charge on any atom is -0.456 e. The van der Waals surface area contributed by atoms with Crippen LogP contribution < -0.4 is 4.90 Å². The molecule has 0 N–H and O–H groups in total. The van der Waals surface area contributed by atoms with Gasteiger partial charge in [-0.1, -0.05) is 121 Å². The SMILES string of the molecule is [2H]c1c([2H])c([2H])c(-c2c([2H])c(-c3c([2H])c([2H])c([2H])c([2H])c3[2H])c3c(c2[2H])c2c([2H])c([2H])c(N(c4ccc5c(c4)oc4ccccc45)c4ccc5oc6ccccc6c5c4)c([2H])c2n3-c2c([2H])c([2H])c([2H])c([2H])c2[2H])c([2H])c1[2H]. The van der Waals surface area contributed by atoms with Crippen LogP contribution in [0.3, 0.4) is 0 Å². The van der Waals surface area contributed by atoms with Crippen molar-refractivity contribution in [2.75, 3.05) is 4.90 Å². The molecule has 0 spiro atoms. The number of aromatic nitrogens is 1. The molecule has 0 atom stereocenters. The zero-order valence-electron chi connectivity index (χ0n) is 49.8. The number of fused-ring (bicyclic) bond motifs is 9. The Bertz CT molecular complexity index is 4630. The van der Waals surface area contributed by atoms with E-state index in [9.17, 15) is 12.3 Å². The molecule has 58 heavy (non-hydrogen) atoms. The predicted molar refractivity (Wildman–Crippen MR) is 241 cm³/mol. The molecule has 0 saturated heterocycles. The molecule has 4 nitrogen and oxygen atoms in total. The molecule has 0 fully saturated rings. The minimum atomic E-state index is -0.966. The fraction of sp³-hybridized carbons (Fsp3) is 0. The van der Waals surface area contributed by atoms with Crippen molar-refractivity contribution in [3.05, 3.63) is 206 Å². The van der Waals surface area contributed by atoms with E-state index in [0.29, 0.717) is 44.2 Å². The second kappa shape index (κ2) is 12.9. The third-order valence-electron chi connectivity index (χ3n) is 10.1. The lowest BCUT2D eigenvalue weighted by atomic mass is 9.95. The van der Waals surface area contributed by atoms with Crippen molar-refractivity contribution in [3.8, 4) is 27.9 Å². The van der Waals surface area contributed by atoms with Gasteiger partial charge in [-0.2, -0.15) is 0 Å². The van der Waals surface area contributed by atoms with E-state index in [2.05, 4.69) is 0 Å². The highest BCUT2D eigenvalue weighted by Gasteiger charge is 2.22. The molecule has 0 aliphatic heterocycles. The van der Waals surface area contributed by atoms with Crippen LogP contribution in [-0.2, 0) is 0 Å². The van der Waals surface area contributed by atoms with Crippen LogP contribution in [0.2, 0.25) is 0 Å². The average molecular weight is 763 g/mol. The second-order valence-corrected chi connectivity index (χ2v) is 13.4.